The van der Waals surface area contributed by atoms with Crippen molar-refractivity contribution in [2.24, 2.45) is 0 Å². The highest BCUT2D eigenvalue weighted by Crippen LogP contribution is 2.28. The van der Waals surface area contributed by atoms with E-state index in [1.54, 1.807) is 6.07 Å². The van der Waals surface area contributed by atoms with Gasteiger partial charge in [0.1, 0.15) is 0 Å². The van der Waals surface area contributed by atoms with Gasteiger partial charge < -0.3 is 10.1 Å². The lowest BCUT2D eigenvalue weighted by Crippen LogP contribution is -2.06. The van der Waals surface area contributed by atoms with E-state index in [2.05, 4.69) is 35.4 Å². The molecule has 1 aromatic heterocycles. The molecule has 0 amide bonds. The van der Waals surface area contributed by atoms with Gasteiger partial charge >= 0.3 is 5.97 Å². The molecule has 0 atom stereocenters. The number of hydrogen-bond donors (Lipinski definition) is 1. The van der Waals surface area contributed by atoms with Gasteiger partial charge in [-0.2, -0.15) is 0 Å². The first-order chi connectivity index (χ1) is 11.6. The summed E-state index contributed by atoms with van der Waals surface area (Å²) in [7, 11) is 1.36. The highest BCUT2D eigenvalue weighted by molar-refractivity contribution is 5.99. The lowest BCUT2D eigenvalue weighted by Gasteiger charge is -2.12. The highest BCUT2D eigenvalue weighted by Gasteiger charge is 2.13. The zero-order chi connectivity index (χ0) is 17.1. The first-order valence-electron chi connectivity index (χ1n) is 7.96. The Morgan fingerprint density at radius 2 is 1.88 bits per heavy atom. The maximum atomic E-state index is 11.9. The third kappa shape index (κ3) is 3.23. The van der Waals surface area contributed by atoms with Crippen molar-refractivity contribution in [3.8, 4) is 0 Å². The van der Waals surface area contributed by atoms with Crippen LogP contribution in [0.4, 0.5) is 11.4 Å². The largest absolute Gasteiger partial charge is 0.464 e. The Morgan fingerprint density at radius 1 is 1.12 bits per heavy atom. The Balaban J connectivity index is 2.08. The predicted molar refractivity (Wildman–Crippen MR) is 96.9 cm³/mol. The lowest BCUT2D eigenvalue weighted by molar-refractivity contribution is 0.0594. The van der Waals surface area contributed by atoms with Gasteiger partial charge in [-0.05, 0) is 49.2 Å². The molecule has 0 unspecified atom stereocenters. The molecule has 122 valence electrons. The number of pyridine rings is 1. The molecule has 24 heavy (non-hydrogen) atoms. The molecule has 3 rings (SSSR count). The molecule has 4 heteroatoms. The van der Waals surface area contributed by atoms with Gasteiger partial charge in [0.2, 0.25) is 0 Å². The summed E-state index contributed by atoms with van der Waals surface area (Å²) in [6.45, 7) is 4.16. The summed E-state index contributed by atoms with van der Waals surface area (Å²) in [5.41, 5.74) is 5.29. The van der Waals surface area contributed by atoms with E-state index in [1.807, 2.05) is 31.2 Å². The molecule has 1 N–H and O–H groups in total. The SMILES string of the molecule is CCc1ccc(Nc2cc(C(=O)OC)nc3ccc(C)cc23)cc1. The molecule has 0 aliphatic rings. The number of nitrogens with one attached hydrogen (secondary N) is 1. The number of hydrogen-bond acceptors (Lipinski definition) is 4. The number of aryl methyl sites for hydroxylation is 2. The van der Waals surface area contributed by atoms with Gasteiger partial charge in [-0.15, -0.1) is 0 Å². The molecule has 4 nitrogen and oxygen atoms in total. The third-order valence-corrected chi connectivity index (χ3v) is 4.00. The summed E-state index contributed by atoms with van der Waals surface area (Å²) >= 11 is 0. The summed E-state index contributed by atoms with van der Waals surface area (Å²) in [6, 6.07) is 16.0. The van der Waals surface area contributed by atoms with Crippen molar-refractivity contribution in [3.63, 3.8) is 0 Å². The standard InChI is InChI=1S/C20H20N2O2/c1-4-14-6-8-15(9-7-14)21-18-12-19(20(23)24-3)22-17-10-5-13(2)11-16(17)18/h5-12H,4H2,1-3H3,(H,21,22). The Bertz CT molecular complexity index is 886. The molecule has 2 aromatic carbocycles. The topological polar surface area (TPSA) is 51.2 Å². The number of ether oxygens (including phenoxy) is 1. The van der Waals surface area contributed by atoms with Crippen LogP contribution in [0.2, 0.25) is 0 Å². The van der Waals surface area contributed by atoms with Crippen LogP contribution in [0.15, 0.2) is 48.5 Å². The van der Waals surface area contributed by atoms with E-state index < -0.39 is 5.97 Å². The van der Waals surface area contributed by atoms with Crippen molar-refractivity contribution in [2.45, 2.75) is 20.3 Å². The first-order valence-corrected chi connectivity index (χ1v) is 7.96. The maximum Gasteiger partial charge on any atom is 0.356 e. The monoisotopic (exact) mass is 320 g/mol. The van der Waals surface area contributed by atoms with Gasteiger partial charge in [0.15, 0.2) is 5.69 Å². The van der Waals surface area contributed by atoms with Gasteiger partial charge in [-0.3, -0.25) is 0 Å². The van der Waals surface area contributed by atoms with Gasteiger partial charge in [0, 0.05) is 11.1 Å². The van der Waals surface area contributed by atoms with Crippen LogP contribution in [0.1, 0.15) is 28.5 Å². The van der Waals surface area contributed by atoms with E-state index >= 15 is 0 Å². The molecule has 0 spiro atoms. The average molecular weight is 320 g/mol. The zero-order valence-corrected chi connectivity index (χ0v) is 14.1. The Labute approximate surface area is 141 Å². The van der Waals surface area contributed by atoms with Crippen LogP contribution >= 0.6 is 0 Å². The lowest BCUT2D eigenvalue weighted by atomic mass is 10.1. The number of aromatic nitrogens is 1. The molecule has 0 fully saturated rings. The first kappa shape index (κ1) is 16.0. The molecule has 3 aromatic rings. The summed E-state index contributed by atoms with van der Waals surface area (Å²) in [5.74, 6) is -0.443. The number of nitrogens with zero attached hydrogens (tertiary/aromatic N) is 1. The van der Waals surface area contributed by atoms with Crippen LogP contribution in [0.5, 0.6) is 0 Å². The number of esters is 1. The second-order valence-corrected chi connectivity index (χ2v) is 5.74. The highest BCUT2D eigenvalue weighted by atomic mass is 16.5. The molecule has 0 bridgehead atoms. The van der Waals surface area contributed by atoms with E-state index in [0.717, 1.165) is 34.3 Å². The number of benzene rings is 2. The Hall–Kier alpha value is -2.88. The van der Waals surface area contributed by atoms with Gasteiger partial charge in [0.25, 0.3) is 0 Å². The molecule has 0 saturated carbocycles. The third-order valence-electron chi connectivity index (χ3n) is 4.00. The van der Waals surface area contributed by atoms with E-state index in [9.17, 15) is 4.79 Å². The van der Waals surface area contributed by atoms with Gasteiger partial charge in [0.05, 0.1) is 18.3 Å². The molecule has 0 aliphatic carbocycles. The van der Waals surface area contributed by atoms with Crippen molar-refractivity contribution in [1.82, 2.24) is 4.98 Å². The maximum absolute atomic E-state index is 11.9. The molecular weight excluding hydrogens is 300 g/mol. The van der Waals surface area contributed by atoms with Crippen LogP contribution in [0.3, 0.4) is 0 Å². The molecular formula is C20H20N2O2. The van der Waals surface area contributed by atoms with Gasteiger partial charge in [-0.1, -0.05) is 30.7 Å². The quantitative estimate of drug-likeness (QED) is 0.712. The summed E-state index contributed by atoms with van der Waals surface area (Å²) < 4.78 is 4.82. The zero-order valence-electron chi connectivity index (χ0n) is 14.1. The number of methoxy groups -OCH3 is 1. The minimum atomic E-state index is -0.443. The van der Waals surface area contributed by atoms with Gasteiger partial charge in [-0.25, -0.2) is 9.78 Å². The summed E-state index contributed by atoms with van der Waals surface area (Å²) in [4.78, 5) is 16.3. The fourth-order valence-corrected chi connectivity index (χ4v) is 2.63. The smallest absolute Gasteiger partial charge is 0.356 e. The number of fused-ring (bicyclic) bond motifs is 1. The summed E-state index contributed by atoms with van der Waals surface area (Å²) in [6.07, 6.45) is 1.00. The Morgan fingerprint density at radius 3 is 2.54 bits per heavy atom. The van der Waals surface area contributed by atoms with E-state index in [4.69, 9.17) is 4.74 Å². The number of rotatable bonds is 4. The van der Waals surface area contributed by atoms with Crippen LogP contribution in [0, 0.1) is 6.92 Å². The van der Waals surface area contributed by atoms with E-state index in [0.29, 0.717) is 5.69 Å². The fourth-order valence-electron chi connectivity index (χ4n) is 2.63. The summed E-state index contributed by atoms with van der Waals surface area (Å²) in [5, 5.41) is 4.37. The molecule has 0 radical (unpaired) electrons. The number of carbonyl (C=O) groups excluding carboxylic acids is 1. The second-order valence-electron chi connectivity index (χ2n) is 5.74. The normalized spacial score (nSPS) is 10.6. The molecule has 1 heterocycles. The van der Waals surface area contributed by atoms with Crippen molar-refractivity contribution in [1.29, 1.82) is 0 Å². The Kier molecular flexibility index (Phi) is 4.47. The predicted octanol–water partition coefficient (Wildman–Crippen LogP) is 4.64. The number of carbonyl (C=O) groups is 1. The van der Waals surface area contributed by atoms with Crippen molar-refractivity contribution >= 4 is 28.2 Å². The van der Waals surface area contributed by atoms with Crippen LogP contribution < -0.4 is 5.32 Å². The second kappa shape index (κ2) is 6.71. The van der Waals surface area contributed by atoms with Crippen LogP contribution in [0.25, 0.3) is 10.9 Å². The van der Waals surface area contributed by atoms with Crippen molar-refractivity contribution < 1.29 is 9.53 Å². The minimum Gasteiger partial charge on any atom is -0.464 e. The molecule has 0 aliphatic heterocycles. The van der Waals surface area contributed by atoms with E-state index in [-0.39, 0.29) is 0 Å². The van der Waals surface area contributed by atoms with Crippen molar-refractivity contribution in [3.05, 3.63) is 65.4 Å². The minimum absolute atomic E-state index is 0.293. The molecule has 0 saturated heterocycles. The average Bonchev–Trinajstić information content (AvgIpc) is 2.61. The van der Waals surface area contributed by atoms with Crippen LogP contribution in [-0.4, -0.2) is 18.1 Å². The van der Waals surface area contributed by atoms with Crippen molar-refractivity contribution in [2.75, 3.05) is 12.4 Å². The van der Waals surface area contributed by atoms with E-state index in [1.165, 1.54) is 12.7 Å². The van der Waals surface area contributed by atoms with Crippen LogP contribution in [-0.2, 0) is 11.2 Å². The number of anilines is 2. The fraction of sp³-hybridized carbons (Fsp3) is 0.200.